The minimum absolute atomic E-state index is 0.532. The Morgan fingerprint density at radius 2 is 2.12 bits per heavy atom. The van der Waals surface area contributed by atoms with Gasteiger partial charge in [0.1, 0.15) is 17.2 Å². The normalized spacial score (nSPS) is 18.6. The molecule has 16 heavy (non-hydrogen) atoms. The molecule has 1 aliphatic rings. The third kappa shape index (κ3) is 1.82. The molecule has 1 aromatic rings. The van der Waals surface area contributed by atoms with Gasteiger partial charge in [-0.25, -0.2) is 0 Å². The third-order valence-electron chi connectivity index (χ3n) is 3.16. The second-order valence-electron chi connectivity index (χ2n) is 3.98. The molecule has 1 atom stereocenters. The van der Waals surface area contributed by atoms with E-state index in [1.54, 1.807) is 14.2 Å². The molecule has 0 bridgehead atoms. The van der Waals surface area contributed by atoms with Gasteiger partial charge >= 0.3 is 0 Å². The van der Waals surface area contributed by atoms with Crippen LogP contribution in [-0.4, -0.2) is 20.8 Å². The van der Waals surface area contributed by atoms with Gasteiger partial charge < -0.3 is 14.2 Å². The van der Waals surface area contributed by atoms with Gasteiger partial charge in [0.05, 0.1) is 20.8 Å². The molecule has 0 radical (unpaired) electrons. The minimum atomic E-state index is 0.532. The van der Waals surface area contributed by atoms with Crippen LogP contribution >= 0.6 is 0 Å². The molecule has 3 nitrogen and oxygen atoms in total. The summed E-state index contributed by atoms with van der Waals surface area (Å²) in [5.41, 5.74) is 1.19. The van der Waals surface area contributed by atoms with Crippen LogP contribution in [0.25, 0.3) is 0 Å². The van der Waals surface area contributed by atoms with E-state index in [-0.39, 0.29) is 0 Å². The predicted octanol–water partition coefficient (Wildman–Crippen LogP) is 2.98. The number of fused-ring (bicyclic) bond motifs is 1. The van der Waals surface area contributed by atoms with Crippen molar-refractivity contribution >= 4 is 0 Å². The van der Waals surface area contributed by atoms with E-state index >= 15 is 0 Å². The molecule has 0 fully saturated rings. The maximum Gasteiger partial charge on any atom is 0.130 e. The van der Waals surface area contributed by atoms with Crippen molar-refractivity contribution in [3.63, 3.8) is 0 Å². The predicted molar refractivity (Wildman–Crippen MR) is 62.7 cm³/mol. The Morgan fingerprint density at radius 1 is 1.31 bits per heavy atom. The quantitative estimate of drug-likeness (QED) is 0.787. The highest BCUT2D eigenvalue weighted by Gasteiger charge is 2.25. The van der Waals surface area contributed by atoms with E-state index < -0.39 is 0 Å². The summed E-state index contributed by atoms with van der Waals surface area (Å²) in [4.78, 5) is 0. The molecular formula is C13H18O3. The molecule has 3 heteroatoms. The summed E-state index contributed by atoms with van der Waals surface area (Å²) in [7, 11) is 3.34. The topological polar surface area (TPSA) is 27.7 Å². The van der Waals surface area contributed by atoms with Crippen molar-refractivity contribution in [1.29, 1.82) is 0 Å². The Morgan fingerprint density at radius 3 is 2.75 bits per heavy atom. The van der Waals surface area contributed by atoms with Crippen molar-refractivity contribution in [2.24, 2.45) is 0 Å². The number of hydrogen-bond acceptors (Lipinski definition) is 3. The first kappa shape index (κ1) is 11.1. The zero-order valence-corrected chi connectivity index (χ0v) is 10.1. The fraction of sp³-hybridized carbons (Fsp3) is 0.538. The summed E-state index contributed by atoms with van der Waals surface area (Å²) in [6.07, 6.45) is 2.17. The van der Waals surface area contributed by atoms with Gasteiger partial charge in [-0.05, 0) is 18.8 Å². The summed E-state index contributed by atoms with van der Waals surface area (Å²) in [5, 5.41) is 0. The maximum absolute atomic E-state index is 5.68. The van der Waals surface area contributed by atoms with Crippen LogP contribution in [0.3, 0.4) is 0 Å². The lowest BCUT2D eigenvalue weighted by Crippen LogP contribution is -2.15. The number of rotatable bonds is 3. The highest BCUT2D eigenvalue weighted by molar-refractivity contribution is 5.53. The van der Waals surface area contributed by atoms with Crippen molar-refractivity contribution in [2.75, 3.05) is 20.8 Å². The lowest BCUT2D eigenvalue weighted by molar-refractivity contribution is 0.256. The second kappa shape index (κ2) is 4.64. The first-order valence-corrected chi connectivity index (χ1v) is 5.68. The van der Waals surface area contributed by atoms with Gasteiger partial charge in [-0.15, -0.1) is 0 Å². The molecular weight excluding hydrogens is 204 g/mol. The SMILES string of the molecule is CC[C@@H]1CCOc2cc(OC)cc(OC)c21. The fourth-order valence-electron chi connectivity index (χ4n) is 2.25. The van der Waals surface area contributed by atoms with Gasteiger partial charge in [0, 0.05) is 17.7 Å². The summed E-state index contributed by atoms with van der Waals surface area (Å²) in [6.45, 7) is 2.98. The molecule has 1 heterocycles. The Labute approximate surface area is 96.3 Å². The first-order chi connectivity index (χ1) is 7.80. The lowest BCUT2D eigenvalue weighted by Gasteiger charge is -2.27. The fourth-order valence-corrected chi connectivity index (χ4v) is 2.25. The van der Waals surface area contributed by atoms with E-state index in [1.807, 2.05) is 12.1 Å². The first-order valence-electron chi connectivity index (χ1n) is 5.68. The highest BCUT2D eigenvalue weighted by atomic mass is 16.5. The molecule has 88 valence electrons. The molecule has 0 amide bonds. The third-order valence-corrected chi connectivity index (χ3v) is 3.16. The van der Waals surface area contributed by atoms with E-state index in [0.717, 1.165) is 36.7 Å². The molecule has 1 aliphatic heterocycles. The Kier molecular flexibility index (Phi) is 3.22. The van der Waals surface area contributed by atoms with Crippen LogP contribution in [0.15, 0.2) is 12.1 Å². The Bertz CT molecular complexity index is 356. The monoisotopic (exact) mass is 222 g/mol. The molecule has 1 aromatic carbocycles. The van der Waals surface area contributed by atoms with Crippen LogP contribution < -0.4 is 14.2 Å². The zero-order valence-electron chi connectivity index (χ0n) is 10.1. The maximum atomic E-state index is 5.68. The van der Waals surface area contributed by atoms with E-state index in [2.05, 4.69) is 6.92 Å². The number of benzene rings is 1. The molecule has 0 unspecified atom stereocenters. The summed E-state index contributed by atoms with van der Waals surface area (Å²) in [5.74, 6) is 3.10. The van der Waals surface area contributed by atoms with Crippen LogP contribution in [0.5, 0.6) is 17.2 Å². The highest BCUT2D eigenvalue weighted by Crippen LogP contribution is 2.44. The summed E-state index contributed by atoms with van der Waals surface area (Å²) >= 11 is 0. The molecule has 2 rings (SSSR count). The van der Waals surface area contributed by atoms with Crippen LogP contribution in [0.4, 0.5) is 0 Å². The van der Waals surface area contributed by atoms with Gasteiger partial charge in [0.15, 0.2) is 0 Å². The molecule has 0 saturated carbocycles. The van der Waals surface area contributed by atoms with Gasteiger partial charge in [0.2, 0.25) is 0 Å². The molecule has 0 N–H and O–H groups in total. The average Bonchev–Trinajstić information content (AvgIpc) is 2.36. The van der Waals surface area contributed by atoms with Gasteiger partial charge in [-0.2, -0.15) is 0 Å². The van der Waals surface area contributed by atoms with E-state index in [9.17, 15) is 0 Å². The van der Waals surface area contributed by atoms with Crippen molar-refractivity contribution in [2.45, 2.75) is 25.7 Å². The number of methoxy groups -OCH3 is 2. The average molecular weight is 222 g/mol. The Hall–Kier alpha value is -1.38. The molecule has 0 spiro atoms. The van der Waals surface area contributed by atoms with Gasteiger partial charge in [0.25, 0.3) is 0 Å². The van der Waals surface area contributed by atoms with E-state index in [4.69, 9.17) is 14.2 Å². The van der Waals surface area contributed by atoms with Gasteiger partial charge in [-0.3, -0.25) is 0 Å². The van der Waals surface area contributed by atoms with Crippen molar-refractivity contribution in [1.82, 2.24) is 0 Å². The number of ether oxygens (including phenoxy) is 3. The van der Waals surface area contributed by atoms with Crippen LogP contribution in [0, 0.1) is 0 Å². The lowest BCUT2D eigenvalue weighted by atomic mass is 9.90. The van der Waals surface area contributed by atoms with Crippen molar-refractivity contribution in [3.8, 4) is 17.2 Å². The zero-order chi connectivity index (χ0) is 11.5. The number of hydrogen-bond donors (Lipinski definition) is 0. The Balaban J connectivity index is 2.50. The summed E-state index contributed by atoms with van der Waals surface area (Å²) in [6, 6.07) is 3.87. The van der Waals surface area contributed by atoms with E-state index in [1.165, 1.54) is 5.56 Å². The van der Waals surface area contributed by atoms with Crippen LogP contribution in [0.2, 0.25) is 0 Å². The smallest absolute Gasteiger partial charge is 0.130 e. The second-order valence-corrected chi connectivity index (χ2v) is 3.98. The van der Waals surface area contributed by atoms with Crippen molar-refractivity contribution < 1.29 is 14.2 Å². The van der Waals surface area contributed by atoms with E-state index in [0.29, 0.717) is 5.92 Å². The largest absolute Gasteiger partial charge is 0.496 e. The summed E-state index contributed by atoms with van der Waals surface area (Å²) < 4.78 is 16.3. The minimum Gasteiger partial charge on any atom is -0.496 e. The van der Waals surface area contributed by atoms with Crippen LogP contribution in [-0.2, 0) is 0 Å². The van der Waals surface area contributed by atoms with Gasteiger partial charge in [-0.1, -0.05) is 6.92 Å². The van der Waals surface area contributed by atoms with Crippen LogP contribution in [0.1, 0.15) is 31.2 Å². The molecule has 0 aromatic heterocycles. The molecule has 0 saturated heterocycles. The standard InChI is InChI=1S/C13H18O3/c1-4-9-5-6-16-12-8-10(14-2)7-11(15-3)13(9)12/h7-9H,4-6H2,1-3H3/t9-/m1/s1. The van der Waals surface area contributed by atoms with Crippen molar-refractivity contribution in [3.05, 3.63) is 17.7 Å². The molecule has 0 aliphatic carbocycles.